The van der Waals surface area contributed by atoms with E-state index >= 15 is 0 Å². The van der Waals surface area contributed by atoms with E-state index in [1.807, 2.05) is 0 Å². The summed E-state index contributed by atoms with van der Waals surface area (Å²) in [6.07, 6.45) is -6.47. The Morgan fingerprint density at radius 1 is 0.781 bits per heavy atom. The van der Waals surface area contributed by atoms with Crippen molar-refractivity contribution >= 4 is 17.9 Å². The molecule has 6 nitrogen and oxygen atoms in total. The van der Waals surface area contributed by atoms with Crippen LogP contribution >= 0.6 is 0 Å². The second-order valence-corrected chi connectivity index (χ2v) is 6.15. The fourth-order valence-corrected chi connectivity index (χ4v) is 2.14. The van der Waals surface area contributed by atoms with Crippen molar-refractivity contribution in [1.82, 2.24) is 0 Å². The van der Waals surface area contributed by atoms with Crippen molar-refractivity contribution in [2.24, 2.45) is 0 Å². The molecular weight excluding hydrogens is 443 g/mol. The first kappa shape index (κ1) is 24.5. The topological polar surface area (TPSA) is 78.9 Å². The zero-order valence-corrected chi connectivity index (χ0v) is 16.2. The van der Waals surface area contributed by atoms with Crippen LogP contribution < -0.4 is 9.47 Å². The van der Waals surface area contributed by atoms with Gasteiger partial charge in [-0.1, -0.05) is 6.58 Å². The first-order chi connectivity index (χ1) is 14.9. The molecule has 0 N–H and O–H groups in total. The highest BCUT2D eigenvalue weighted by molar-refractivity contribution is 5.92. The second-order valence-electron chi connectivity index (χ2n) is 6.15. The molecule has 0 spiro atoms. The van der Waals surface area contributed by atoms with Crippen LogP contribution in [0.5, 0.6) is 11.5 Å². The van der Waals surface area contributed by atoms with E-state index in [0.717, 1.165) is 18.2 Å². The number of ether oxygens (including phenoxy) is 3. The molecule has 2 aromatic carbocycles. The summed E-state index contributed by atoms with van der Waals surface area (Å²) in [4.78, 5) is 35.0. The number of hydrogen-bond acceptors (Lipinski definition) is 6. The summed E-state index contributed by atoms with van der Waals surface area (Å²) in [7, 11) is 0. The van der Waals surface area contributed by atoms with E-state index in [2.05, 4.69) is 11.3 Å². The predicted octanol–water partition coefficient (Wildman–Crippen LogP) is 4.74. The summed E-state index contributed by atoms with van der Waals surface area (Å²) in [6, 6.07) is 10.1. The molecule has 32 heavy (non-hydrogen) atoms. The molecule has 0 atom stereocenters. The molecule has 0 fully saturated rings. The molecule has 170 valence electrons. The standard InChI is InChI=1S/C21H15F5O6/c1-2-17(27)31-15-7-5-14(6-8-15)19(29)32-16-9-3-13(4-10-16)18(28)30-12-11-20(22,23)21(24,25)26/h2-10H,1,11-12H2. The Morgan fingerprint density at radius 3 is 1.72 bits per heavy atom. The van der Waals surface area contributed by atoms with Crippen LogP contribution in [0.25, 0.3) is 0 Å². The van der Waals surface area contributed by atoms with Crippen molar-refractivity contribution < 1.29 is 50.5 Å². The Hall–Kier alpha value is -3.76. The van der Waals surface area contributed by atoms with Crippen LogP contribution in [0.1, 0.15) is 27.1 Å². The normalized spacial score (nSPS) is 11.4. The van der Waals surface area contributed by atoms with Gasteiger partial charge in [0.1, 0.15) is 11.5 Å². The fraction of sp³-hybridized carbons (Fsp3) is 0.190. The number of alkyl halides is 5. The van der Waals surface area contributed by atoms with Gasteiger partial charge >= 0.3 is 30.0 Å². The van der Waals surface area contributed by atoms with Crippen molar-refractivity contribution in [1.29, 1.82) is 0 Å². The van der Waals surface area contributed by atoms with Crippen LogP contribution in [0.4, 0.5) is 22.0 Å². The van der Waals surface area contributed by atoms with Gasteiger partial charge in [0.25, 0.3) is 0 Å². The highest BCUT2D eigenvalue weighted by atomic mass is 19.4. The van der Waals surface area contributed by atoms with Crippen molar-refractivity contribution in [3.63, 3.8) is 0 Å². The van der Waals surface area contributed by atoms with Crippen LogP contribution in [-0.2, 0) is 9.53 Å². The molecule has 2 rings (SSSR count). The van der Waals surface area contributed by atoms with Crippen LogP contribution in [0, 0.1) is 0 Å². The van der Waals surface area contributed by atoms with Gasteiger partial charge < -0.3 is 14.2 Å². The third-order valence-electron chi connectivity index (χ3n) is 3.84. The number of carbonyl (C=O) groups excluding carboxylic acids is 3. The number of hydrogen-bond donors (Lipinski definition) is 0. The Labute approximate surface area is 178 Å². The minimum absolute atomic E-state index is 0.0253. The van der Waals surface area contributed by atoms with Gasteiger partial charge in [0, 0.05) is 6.08 Å². The molecule has 11 heteroatoms. The molecule has 0 amide bonds. The van der Waals surface area contributed by atoms with Gasteiger partial charge in [-0.25, -0.2) is 14.4 Å². The zero-order valence-electron chi connectivity index (χ0n) is 16.2. The Kier molecular flexibility index (Phi) is 7.68. The third-order valence-corrected chi connectivity index (χ3v) is 3.84. The van der Waals surface area contributed by atoms with Gasteiger partial charge in [-0.2, -0.15) is 22.0 Å². The Balaban J connectivity index is 1.90. The lowest BCUT2D eigenvalue weighted by atomic mass is 10.2. The summed E-state index contributed by atoms with van der Waals surface area (Å²) in [5.74, 6) is -7.33. The molecule has 0 aliphatic rings. The molecule has 0 aliphatic carbocycles. The third kappa shape index (κ3) is 6.62. The van der Waals surface area contributed by atoms with E-state index in [4.69, 9.17) is 9.47 Å². The SMILES string of the molecule is C=CC(=O)Oc1ccc(C(=O)Oc2ccc(C(=O)OCCC(F)(F)C(F)(F)F)cc2)cc1. The van der Waals surface area contributed by atoms with Gasteiger partial charge in [-0.15, -0.1) is 0 Å². The van der Waals surface area contributed by atoms with Crippen LogP contribution in [0.15, 0.2) is 61.2 Å². The number of esters is 3. The minimum Gasteiger partial charge on any atom is -0.462 e. The molecule has 0 bridgehead atoms. The van der Waals surface area contributed by atoms with E-state index in [9.17, 15) is 36.3 Å². The highest BCUT2D eigenvalue weighted by Crippen LogP contribution is 2.37. The first-order valence-corrected chi connectivity index (χ1v) is 8.81. The molecule has 0 saturated carbocycles. The van der Waals surface area contributed by atoms with E-state index in [-0.39, 0.29) is 22.6 Å². The Bertz CT molecular complexity index is 981. The first-order valence-electron chi connectivity index (χ1n) is 8.81. The molecule has 0 aromatic heterocycles. The van der Waals surface area contributed by atoms with Crippen LogP contribution in [-0.4, -0.2) is 36.6 Å². The van der Waals surface area contributed by atoms with Gasteiger partial charge in [0.2, 0.25) is 0 Å². The number of halogens is 5. The summed E-state index contributed by atoms with van der Waals surface area (Å²) < 4.78 is 76.2. The quantitative estimate of drug-likeness (QED) is 0.246. The lowest BCUT2D eigenvalue weighted by molar-refractivity contribution is -0.286. The maximum atomic E-state index is 12.8. The zero-order chi connectivity index (χ0) is 23.9. The maximum Gasteiger partial charge on any atom is 0.453 e. The lowest BCUT2D eigenvalue weighted by Gasteiger charge is -2.19. The molecular formula is C21H15F5O6. The average Bonchev–Trinajstić information content (AvgIpc) is 2.73. The summed E-state index contributed by atoms with van der Waals surface area (Å²) in [5.41, 5.74) is -0.0222. The minimum atomic E-state index is -5.73. The smallest absolute Gasteiger partial charge is 0.453 e. The van der Waals surface area contributed by atoms with Crippen molar-refractivity contribution in [3.8, 4) is 11.5 Å². The van der Waals surface area contributed by atoms with E-state index in [0.29, 0.717) is 0 Å². The predicted molar refractivity (Wildman–Crippen MR) is 99.6 cm³/mol. The number of benzene rings is 2. The molecule has 0 unspecified atom stereocenters. The molecule has 0 heterocycles. The van der Waals surface area contributed by atoms with Crippen LogP contribution in [0.3, 0.4) is 0 Å². The number of rotatable bonds is 8. The summed E-state index contributed by atoms with van der Waals surface area (Å²) >= 11 is 0. The average molecular weight is 458 g/mol. The van der Waals surface area contributed by atoms with Gasteiger partial charge in [-0.3, -0.25) is 0 Å². The summed E-state index contributed by atoms with van der Waals surface area (Å²) in [5, 5.41) is 0. The van der Waals surface area contributed by atoms with Gasteiger partial charge in [-0.05, 0) is 48.5 Å². The summed E-state index contributed by atoms with van der Waals surface area (Å²) in [6.45, 7) is 2.11. The lowest BCUT2D eigenvalue weighted by Crippen LogP contribution is -2.37. The molecule has 0 aliphatic heterocycles. The van der Waals surface area contributed by atoms with Gasteiger partial charge in [0.05, 0.1) is 24.2 Å². The Morgan fingerprint density at radius 2 is 1.25 bits per heavy atom. The van der Waals surface area contributed by atoms with Crippen molar-refractivity contribution in [2.75, 3.05) is 6.61 Å². The molecule has 0 saturated heterocycles. The van der Waals surface area contributed by atoms with Gasteiger partial charge in [0.15, 0.2) is 0 Å². The molecule has 0 radical (unpaired) electrons. The van der Waals surface area contributed by atoms with E-state index < -0.39 is 43.0 Å². The maximum absolute atomic E-state index is 12.8. The van der Waals surface area contributed by atoms with Crippen LogP contribution in [0.2, 0.25) is 0 Å². The monoisotopic (exact) mass is 458 g/mol. The van der Waals surface area contributed by atoms with E-state index in [1.54, 1.807) is 0 Å². The van der Waals surface area contributed by atoms with E-state index in [1.165, 1.54) is 36.4 Å². The largest absolute Gasteiger partial charge is 0.462 e. The van der Waals surface area contributed by atoms with Crippen molar-refractivity contribution in [2.45, 2.75) is 18.5 Å². The number of carbonyl (C=O) groups is 3. The van der Waals surface area contributed by atoms with Crippen molar-refractivity contribution in [3.05, 3.63) is 72.3 Å². The fourth-order valence-electron chi connectivity index (χ4n) is 2.14. The molecule has 2 aromatic rings. The highest BCUT2D eigenvalue weighted by Gasteiger charge is 2.56. The second kappa shape index (κ2) is 10.0.